The summed E-state index contributed by atoms with van der Waals surface area (Å²) in [5.74, 6) is 11.5. The Morgan fingerprint density at radius 1 is 0.538 bits per heavy atom. The van der Waals surface area contributed by atoms with Crippen LogP contribution in [0.15, 0.2) is 96.1 Å². The molecule has 3 heteroatoms. The summed E-state index contributed by atoms with van der Waals surface area (Å²) in [6.07, 6.45) is 16.1. The summed E-state index contributed by atoms with van der Waals surface area (Å²) in [6, 6.07) is 21.6. The van der Waals surface area contributed by atoms with Crippen molar-refractivity contribution in [2.75, 3.05) is 0 Å². The van der Waals surface area contributed by atoms with Gasteiger partial charge >= 0.3 is 37.9 Å². The van der Waals surface area contributed by atoms with Crippen LogP contribution in [0.1, 0.15) is 51.7 Å². The van der Waals surface area contributed by atoms with Gasteiger partial charge in [-0.1, -0.05) is 110 Å². The fraction of sp³-hybridized carbons (Fsp3) is 0.167. The SMILES string of the molecule is C[C]1[CH][C]2[C]([C]1CC[C]1[C](C)[CH][C]3[C]1C(C)=CC=C3c1ccccc1)C(C)=CC=C2c1ccccc1.[Cl][Zr][Cl]. The van der Waals surface area contributed by atoms with Gasteiger partial charge in [0.1, 0.15) is 0 Å². The van der Waals surface area contributed by atoms with Crippen LogP contribution in [-0.4, -0.2) is 0 Å². The molecule has 0 saturated heterocycles. The number of hydrogen-bond acceptors (Lipinski definition) is 0. The van der Waals surface area contributed by atoms with E-state index in [2.05, 4.69) is 126 Å². The van der Waals surface area contributed by atoms with E-state index in [0.717, 1.165) is 12.8 Å². The Labute approximate surface area is 255 Å². The molecule has 10 radical (unpaired) electrons. The van der Waals surface area contributed by atoms with E-state index in [0.29, 0.717) is 0 Å². The summed E-state index contributed by atoms with van der Waals surface area (Å²) in [6.45, 7) is 9.11. The number of rotatable bonds is 5. The first-order valence-electron chi connectivity index (χ1n) is 13.4. The Balaban J connectivity index is 0.000000983. The van der Waals surface area contributed by atoms with Crippen LogP contribution in [0.5, 0.6) is 0 Å². The van der Waals surface area contributed by atoms with Crippen molar-refractivity contribution in [1.82, 2.24) is 0 Å². The molecule has 0 bridgehead atoms. The summed E-state index contributed by atoms with van der Waals surface area (Å²) < 4.78 is 0. The summed E-state index contributed by atoms with van der Waals surface area (Å²) in [5, 5.41) is 0. The normalized spacial score (nSPS) is 21.9. The summed E-state index contributed by atoms with van der Waals surface area (Å²) in [4.78, 5) is 0. The maximum atomic E-state index is 4.93. The summed E-state index contributed by atoms with van der Waals surface area (Å²) >= 11 is -0.826. The number of allylic oxidation sites excluding steroid dienone is 8. The second kappa shape index (κ2) is 13.2. The maximum absolute atomic E-state index is 4.93. The minimum absolute atomic E-state index is 0.826. The number of fused-ring (bicyclic) bond motifs is 2. The molecule has 0 aromatic heterocycles. The average Bonchev–Trinajstić information content (AvgIpc) is 3.46. The van der Waals surface area contributed by atoms with Gasteiger partial charge in [-0.05, 0) is 85.5 Å². The van der Waals surface area contributed by atoms with Crippen LogP contribution in [0.25, 0.3) is 11.1 Å². The van der Waals surface area contributed by atoms with E-state index in [1.54, 1.807) is 0 Å². The van der Waals surface area contributed by atoms with E-state index in [1.807, 2.05) is 0 Å². The van der Waals surface area contributed by atoms with Crippen molar-refractivity contribution in [2.24, 2.45) is 0 Å². The van der Waals surface area contributed by atoms with E-state index in [4.69, 9.17) is 17.0 Å². The van der Waals surface area contributed by atoms with E-state index in [1.165, 1.54) is 80.8 Å². The third-order valence-corrected chi connectivity index (χ3v) is 7.98. The molecule has 2 fully saturated rings. The van der Waals surface area contributed by atoms with Crippen LogP contribution >= 0.6 is 17.0 Å². The zero-order valence-corrected chi connectivity index (χ0v) is 26.9. The molecule has 0 N–H and O–H groups in total. The first kappa shape index (κ1) is 29.4. The van der Waals surface area contributed by atoms with Gasteiger partial charge in [0.25, 0.3) is 0 Å². The van der Waals surface area contributed by atoms with E-state index < -0.39 is 20.8 Å². The molecule has 2 aromatic rings. The van der Waals surface area contributed by atoms with E-state index in [-0.39, 0.29) is 0 Å². The van der Waals surface area contributed by atoms with Crippen LogP contribution < -0.4 is 0 Å². The quantitative estimate of drug-likeness (QED) is 0.310. The van der Waals surface area contributed by atoms with Crippen molar-refractivity contribution in [2.45, 2.75) is 40.5 Å². The number of benzene rings is 2. The molecule has 0 spiro atoms. The van der Waals surface area contributed by atoms with Gasteiger partial charge < -0.3 is 0 Å². The van der Waals surface area contributed by atoms with Crippen LogP contribution in [-0.2, 0) is 20.8 Å². The first-order valence-corrected chi connectivity index (χ1v) is 19.7. The molecular weight excluding hydrogens is 595 g/mol. The van der Waals surface area contributed by atoms with Gasteiger partial charge in [0.2, 0.25) is 0 Å². The van der Waals surface area contributed by atoms with E-state index >= 15 is 0 Å². The number of halogens is 2. The van der Waals surface area contributed by atoms with Gasteiger partial charge in [0, 0.05) is 23.7 Å². The van der Waals surface area contributed by atoms with Gasteiger partial charge in [0.15, 0.2) is 0 Å². The Morgan fingerprint density at radius 2 is 0.897 bits per heavy atom. The zero-order valence-electron chi connectivity index (χ0n) is 22.9. The molecule has 0 aliphatic heterocycles. The molecule has 194 valence electrons. The van der Waals surface area contributed by atoms with Crippen molar-refractivity contribution < 1.29 is 20.8 Å². The van der Waals surface area contributed by atoms with Crippen LogP contribution in [0.3, 0.4) is 0 Å². The Morgan fingerprint density at radius 3 is 1.26 bits per heavy atom. The first-order chi connectivity index (χ1) is 18.9. The fourth-order valence-electron chi connectivity index (χ4n) is 6.19. The monoisotopic (exact) mass is 624 g/mol. The molecule has 0 nitrogen and oxygen atoms in total. The second-order valence-electron chi connectivity index (χ2n) is 10.4. The van der Waals surface area contributed by atoms with Gasteiger partial charge in [0.05, 0.1) is 0 Å². The van der Waals surface area contributed by atoms with Gasteiger partial charge in [-0.2, -0.15) is 0 Å². The van der Waals surface area contributed by atoms with Crippen LogP contribution in [0.4, 0.5) is 0 Å². The van der Waals surface area contributed by atoms with Crippen LogP contribution in [0.2, 0.25) is 0 Å². The van der Waals surface area contributed by atoms with Crippen molar-refractivity contribution in [1.29, 1.82) is 0 Å². The molecule has 0 heterocycles. The third-order valence-electron chi connectivity index (χ3n) is 7.98. The third kappa shape index (κ3) is 6.08. The Hall–Kier alpha value is -1.14. The Kier molecular flexibility index (Phi) is 9.96. The molecule has 6 rings (SSSR count). The fourth-order valence-corrected chi connectivity index (χ4v) is 6.19. The van der Waals surface area contributed by atoms with Crippen LogP contribution in [0, 0.1) is 60.2 Å². The molecule has 39 heavy (non-hydrogen) atoms. The predicted octanol–water partition coefficient (Wildman–Crippen LogP) is 10.3. The van der Waals surface area contributed by atoms with Crippen molar-refractivity contribution >= 4 is 28.2 Å². The minimum atomic E-state index is -0.826. The number of hydrogen-bond donors (Lipinski definition) is 0. The predicted molar refractivity (Wildman–Crippen MR) is 163 cm³/mol. The molecule has 4 aliphatic rings. The molecule has 2 aromatic carbocycles. The Bertz CT molecular complexity index is 1140. The molecule has 0 amide bonds. The topological polar surface area (TPSA) is 0 Å². The molecule has 0 atom stereocenters. The van der Waals surface area contributed by atoms with Gasteiger partial charge in [-0.3, -0.25) is 0 Å². The molecular formula is C36H32Cl2Zr. The summed E-state index contributed by atoms with van der Waals surface area (Å²) in [7, 11) is 9.87. The molecule has 2 saturated carbocycles. The van der Waals surface area contributed by atoms with E-state index in [9.17, 15) is 0 Å². The van der Waals surface area contributed by atoms with Gasteiger partial charge in [-0.25, -0.2) is 0 Å². The standard InChI is InChI=1S/C36H32.2ClH.Zr/c1-23-15-17-31(27-11-7-5-8-12-27)33-21-25(3)29(35(23)33)19-20-30-26(4)22-34-32(18-16-24(2)36(30)34)28-13-9-6-10-14-28;;;/h5-18,21-22H,19-20H2,1-4H3;2*1H;/q;;;+2/p-2. The molecule has 4 aliphatic carbocycles. The van der Waals surface area contributed by atoms with Crippen molar-refractivity contribution in [3.05, 3.63) is 167 Å². The van der Waals surface area contributed by atoms with Gasteiger partial charge in [-0.15, -0.1) is 0 Å². The second-order valence-corrected chi connectivity index (χ2v) is 14.1. The van der Waals surface area contributed by atoms with Crippen molar-refractivity contribution in [3.63, 3.8) is 0 Å². The van der Waals surface area contributed by atoms with Crippen molar-refractivity contribution in [3.8, 4) is 0 Å². The zero-order chi connectivity index (χ0) is 27.5. The average molecular weight is 627 g/mol. The summed E-state index contributed by atoms with van der Waals surface area (Å²) in [5.41, 5.74) is 8.01. The molecule has 0 unspecified atom stereocenters.